The van der Waals surface area contributed by atoms with Gasteiger partial charge in [0.2, 0.25) is 0 Å². The standard InChI is InChI=1S/C7H13FO4/c1-3-5(8)7(11)6(10)4(2-9)12-3/h3-7,9-11H,2H2,1H3/t3-,4?,5?,6+,7?/m0/s1. The van der Waals surface area contributed by atoms with Crippen LogP contribution in [0.5, 0.6) is 0 Å². The fourth-order valence-electron chi connectivity index (χ4n) is 1.27. The molecule has 4 nitrogen and oxygen atoms in total. The first-order valence-corrected chi connectivity index (χ1v) is 3.84. The lowest BCUT2D eigenvalue weighted by molar-refractivity contribution is -0.207. The third-order valence-electron chi connectivity index (χ3n) is 2.07. The molecule has 12 heavy (non-hydrogen) atoms. The first-order chi connectivity index (χ1) is 5.57. The average Bonchev–Trinajstić information content (AvgIpc) is 2.08. The van der Waals surface area contributed by atoms with Gasteiger partial charge in [-0.2, -0.15) is 0 Å². The van der Waals surface area contributed by atoms with E-state index >= 15 is 0 Å². The van der Waals surface area contributed by atoms with Crippen molar-refractivity contribution in [3.63, 3.8) is 0 Å². The van der Waals surface area contributed by atoms with E-state index in [1.807, 2.05) is 0 Å². The first kappa shape index (κ1) is 9.85. The van der Waals surface area contributed by atoms with E-state index in [2.05, 4.69) is 0 Å². The van der Waals surface area contributed by atoms with E-state index < -0.39 is 37.2 Å². The van der Waals surface area contributed by atoms with Gasteiger partial charge < -0.3 is 20.1 Å². The van der Waals surface area contributed by atoms with Crippen molar-refractivity contribution < 1.29 is 24.4 Å². The quantitative estimate of drug-likeness (QED) is 0.475. The summed E-state index contributed by atoms with van der Waals surface area (Å²) in [5.74, 6) is 0. The summed E-state index contributed by atoms with van der Waals surface area (Å²) >= 11 is 0. The third kappa shape index (κ3) is 1.59. The Balaban J connectivity index is 2.63. The van der Waals surface area contributed by atoms with Crippen molar-refractivity contribution >= 4 is 0 Å². The van der Waals surface area contributed by atoms with E-state index in [-0.39, 0.29) is 0 Å². The van der Waals surface area contributed by atoms with Crippen LogP contribution in [0.1, 0.15) is 6.92 Å². The normalized spacial score (nSPS) is 49.2. The molecule has 1 heterocycles. The minimum atomic E-state index is -1.59. The Bertz CT molecular complexity index is 150. The molecule has 1 fully saturated rings. The summed E-state index contributed by atoms with van der Waals surface area (Å²) in [5.41, 5.74) is 0. The fourth-order valence-corrected chi connectivity index (χ4v) is 1.27. The Morgan fingerprint density at radius 2 is 1.92 bits per heavy atom. The van der Waals surface area contributed by atoms with Crippen molar-refractivity contribution in [1.82, 2.24) is 0 Å². The molecule has 3 unspecified atom stereocenters. The number of ether oxygens (including phenoxy) is 1. The summed E-state index contributed by atoms with van der Waals surface area (Å²) in [6, 6.07) is 0. The van der Waals surface area contributed by atoms with Crippen LogP contribution in [0, 0.1) is 0 Å². The molecule has 1 rings (SSSR count). The van der Waals surface area contributed by atoms with Crippen molar-refractivity contribution in [3.8, 4) is 0 Å². The molecular formula is C7H13FO4. The van der Waals surface area contributed by atoms with Crippen LogP contribution in [0.25, 0.3) is 0 Å². The second-order valence-corrected chi connectivity index (χ2v) is 2.99. The molecule has 5 heteroatoms. The van der Waals surface area contributed by atoms with Gasteiger partial charge in [0.25, 0.3) is 0 Å². The lowest BCUT2D eigenvalue weighted by Crippen LogP contribution is -2.56. The SMILES string of the molecule is C[C@@H]1OC(CO)[C@@H](O)C(O)C1F. The molecule has 0 radical (unpaired) electrons. The van der Waals surface area contributed by atoms with E-state index in [1.165, 1.54) is 6.92 Å². The Labute approximate surface area is 69.6 Å². The zero-order chi connectivity index (χ0) is 9.30. The highest BCUT2D eigenvalue weighted by molar-refractivity contribution is 4.90. The molecule has 72 valence electrons. The van der Waals surface area contributed by atoms with Crippen molar-refractivity contribution in [1.29, 1.82) is 0 Å². The largest absolute Gasteiger partial charge is 0.394 e. The Morgan fingerprint density at radius 1 is 1.33 bits per heavy atom. The zero-order valence-electron chi connectivity index (χ0n) is 6.72. The second-order valence-electron chi connectivity index (χ2n) is 2.99. The molecule has 0 aliphatic carbocycles. The number of aliphatic hydroxyl groups is 3. The van der Waals surface area contributed by atoms with Crippen LogP contribution in [0.2, 0.25) is 0 Å². The molecule has 1 aliphatic heterocycles. The Hall–Kier alpha value is -0.230. The highest BCUT2D eigenvalue weighted by Crippen LogP contribution is 2.22. The van der Waals surface area contributed by atoms with Crippen molar-refractivity contribution in [3.05, 3.63) is 0 Å². The summed E-state index contributed by atoms with van der Waals surface area (Å²) in [6.07, 6.45) is -6.09. The molecule has 0 aromatic carbocycles. The van der Waals surface area contributed by atoms with E-state index in [0.29, 0.717) is 0 Å². The molecular weight excluding hydrogens is 167 g/mol. The van der Waals surface area contributed by atoms with E-state index in [9.17, 15) is 4.39 Å². The van der Waals surface area contributed by atoms with Crippen LogP contribution < -0.4 is 0 Å². The van der Waals surface area contributed by atoms with Crippen LogP contribution in [-0.2, 0) is 4.74 Å². The minimum Gasteiger partial charge on any atom is -0.394 e. The van der Waals surface area contributed by atoms with Gasteiger partial charge in [-0.25, -0.2) is 4.39 Å². The molecule has 0 bridgehead atoms. The van der Waals surface area contributed by atoms with Crippen LogP contribution >= 0.6 is 0 Å². The molecule has 0 aromatic rings. The average molecular weight is 180 g/mol. The van der Waals surface area contributed by atoms with Crippen LogP contribution in [0.4, 0.5) is 4.39 Å². The van der Waals surface area contributed by atoms with Gasteiger partial charge >= 0.3 is 0 Å². The van der Waals surface area contributed by atoms with Crippen LogP contribution in [0.3, 0.4) is 0 Å². The molecule has 3 N–H and O–H groups in total. The predicted molar refractivity (Wildman–Crippen MR) is 38.3 cm³/mol. The van der Waals surface area contributed by atoms with Crippen molar-refractivity contribution in [2.24, 2.45) is 0 Å². The number of aliphatic hydroxyl groups excluding tert-OH is 3. The lowest BCUT2D eigenvalue weighted by atomic mass is 9.97. The number of hydrogen-bond donors (Lipinski definition) is 3. The summed E-state index contributed by atoms with van der Waals surface area (Å²) < 4.78 is 17.8. The van der Waals surface area contributed by atoms with Gasteiger partial charge in [0, 0.05) is 0 Å². The second kappa shape index (κ2) is 3.66. The molecule has 0 aromatic heterocycles. The number of rotatable bonds is 1. The minimum absolute atomic E-state index is 0.421. The predicted octanol–water partition coefficient (Wildman–Crippen LogP) is -1.17. The maximum atomic E-state index is 12.9. The first-order valence-electron chi connectivity index (χ1n) is 3.84. The Morgan fingerprint density at radius 3 is 2.42 bits per heavy atom. The maximum absolute atomic E-state index is 12.9. The van der Waals surface area contributed by atoms with Gasteiger partial charge in [0.15, 0.2) is 6.17 Å². The molecule has 0 amide bonds. The smallest absolute Gasteiger partial charge is 0.154 e. The van der Waals surface area contributed by atoms with E-state index in [1.54, 1.807) is 0 Å². The number of alkyl halides is 1. The fraction of sp³-hybridized carbons (Fsp3) is 1.00. The van der Waals surface area contributed by atoms with Gasteiger partial charge in [0.1, 0.15) is 18.3 Å². The maximum Gasteiger partial charge on any atom is 0.154 e. The monoisotopic (exact) mass is 180 g/mol. The van der Waals surface area contributed by atoms with Gasteiger partial charge in [-0.05, 0) is 6.92 Å². The summed E-state index contributed by atoms with van der Waals surface area (Å²) in [7, 11) is 0. The van der Waals surface area contributed by atoms with Crippen molar-refractivity contribution in [2.75, 3.05) is 6.61 Å². The molecule has 0 spiro atoms. The summed E-state index contributed by atoms with van der Waals surface area (Å²) in [6.45, 7) is 1.03. The van der Waals surface area contributed by atoms with E-state index in [0.717, 1.165) is 0 Å². The number of hydrogen-bond acceptors (Lipinski definition) is 4. The lowest BCUT2D eigenvalue weighted by Gasteiger charge is -2.37. The van der Waals surface area contributed by atoms with E-state index in [4.69, 9.17) is 20.1 Å². The Kier molecular flexibility index (Phi) is 3.00. The highest BCUT2D eigenvalue weighted by atomic mass is 19.1. The molecule has 1 saturated heterocycles. The number of halogens is 1. The summed E-state index contributed by atoms with van der Waals surface area (Å²) in [4.78, 5) is 0. The van der Waals surface area contributed by atoms with Gasteiger partial charge in [-0.3, -0.25) is 0 Å². The van der Waals surface area contributed by atoms with Crippen LogP contribution in [-0.4, -0.2) is 52.5 Å². The third-order valence-corrected chi connectivity index (χ3v) is 2.07. The van der Waals surface area contributed by atoms with Gasteiger partial charge in [-0.15, -0.1) is 0 Å². The van der Waals surface area contributed by atoms with Crippen molar-refractivity contribution in [2.45, 2.75) is 37.5 Å². The zero-order valence-corrected chi connectivity index (χ0v) is 6.72. The molecule has 5 atom stereocenters. The van der Waals surface area contributed by atoms with Crippen LogP contribution in [0.15, 0.2) is 0 Å². The topological polar surface area (TPSA) is 69.9 Å². The summed E-state index contributed by atoms with van der Waals surface area (Å²) in [5, 5.41) is 26.9. The molecule has 0 saturated carbocycles. The van der Waals surface area contributed by atoms with Gasteiger partial charge in [-0.1, -0.05) is 0 Å². The highest BCUT2D eigenvalue weighted by Gasteiger charge is 2.42. The van der Waals surface area contributed by atoms with Gasteiger partial charge in [0.05, 0.1) is 12.7 Å². The molecule has 1 aliphatic rings.